The standard InChI is InChI=1S/C17H19NO4/c1-12(2)11-17(10-9-14(19)21-3)16(20)22-15(18-17)13-7-5-4-6-8-13/h4-10,12H,11H2,1-3H3/b10-9-/t17-/m0/s1. The molecular formula is C17H19NO4. The molecule has 116 valence electrons. The van der Waals surface area contributed by atoms with Crippen molar-refractivity contribution < 1.29 is 19.1 Å². The molecule has 0 unspecified atom stereocenters. The van der Waals surface area contributed by atoms with Crippen molar-refractivity contribution in [2.75, 3.05) is 7.11 Å². The van der Waals surface area contributed by atoms with Gasteiger partial charge in [-0.2, -0.15) is 0 Å². The van der Waals surface area contributed by atoms with Crippen LogP contribution in [0.4, 0.5) is 0 Å². The molecule has 1 aromatic rings. The van der Waals surface area contributed by atoms with Gasteiger partial charge < -0.3 is 9.47 Å². The molecule has 0 aromatic heterocycles. The van der Waals surface area contributed by atoms with E-state index in [0.717, 1.165) is 5.56 Å². The predicted octanol–water partition coefficient (Wildman–Crippen LogP) is 2.50. The fourth-order valence-corrected chi connectivity index (χ4v) is 2.33. The van der Waals surface area contributed by atoms with Crippen molar-refractivity contribution in [1.82, 2.24) is 0 Å². The maximum Gasteiger partial charge on any atom is 0.344 e. The highest BCUT2D eigenvalue weighted by Crippen LogP contribution is 2.31. The van der Waals surface area contributed by atoms with E-state index in [-0.39, 0.29) is 11.8 Å². The Labute approximate surface area is 129 Å². The molecule has 5 nitrogen and oxygen atoms in total. The van der Waals surface area contributed by atoms with E-state index in [0.29, 0.717) is 6.42 Å². The molecule has 0 spiro atoms. The maximum absolute atomic E-state index is 12.4. The highest BCUT2D eigenvalue weighted by Gasteiger charge is 2.44. The van der Waals surface area contributed by atoms with Crippen LogP contribution in [0.15, 0.2) is 47.5 Å². The minimum atomic E-state index is -1.17. The maximum atomic E-state index is 12.4. The second-order valence-corrected chi connectivity index (χ2v) is 5.55. The second kappa shape index (κ2) is 6.56. The fraction of sp³-hybridized carbons (Fsp3) is 0.353. The largest absolute Gasteiger partial charge is 0.466 e. The number of nitrogens with zero attached hydrogens (tertiary/aromatic N) is 1. The number of carbonyl (C=O) groups excluding carboxylic acids is 2. The average Bonchev–Trinajstić information content (AvgIpc) is 2.82. The Balaban J connectivity index is 2.39. The molecule has 1 heterocycles. The summed E-state index contributed by atoms with van der Waals surface area (Å²) in [5.41, 5.74) is -0.444. The molecule has 0 amide bonds. The van der Waals surface area contributed by atoms with Crippen molar-refractivity contribution in [3.63, 3.8) is 0 Å². The molecule has 2 rings (SSSR count). The summed E-state index contributed by atoms with van der Waals surface area (Å²) in [6.07, 6.45) is 3.15. The van der Waals surface area contributed by atoms with Gasteiger partial charge in [0.1, 0.15) is 0 Å². The van der Waals surface area contributed by atoms with Crippen LogP contribution < -0.4 is 0 Å². The summed E-state index contributed by atoms with van der Waals surface area (Å²) in [6, 6.07) is 9.21. The van der Waals surface area contributed by atoms with Gasteiger partial charge >= 0.3 is 11.9 Å². The second-order valence-electron chi connectivity index (χ2n) is 5.55. The van der Waals surface area contributed by atoms with Crippen molar-refractivity contribution in [1.29, 1.82) is 0 Å². The molecule has 1 aliphatic heterocycles. The van der Waals surface area contributed by atoms with Gasteiger partial charge in [0.05, 0.1) is 7.11 Å². The third-order valence-electron chi connectivity index (χ3n) is 3.28. The molecule has 22 heavy (non-hydrogen) atoms. The molecule has 0 aliphatic carbocycles. The van der Waals surface area contributed by atoms with Crippen LogP contribution in [0.1, 0.15) is 25.8 Å². The average molecular weight is 301 g/mol. The Hall–Kier alpha value is -2.43. The number of hydrogen-bond donors (Lipinski definition) is 0. The molecule has 0 saturated carbocycles. The number of methoxy groups -OCH3 is 1. The van der Waals surface area contributed by atoms with Crippen LogP contribution in [0, 0.1) is 5.92 Å². The van der Waals surface area contributed by atoms with Gasteiger partial charge in [0, 0.05) is 11.6 Å². The van der Waals surface area contributed by atoms with Crippen LogP contribution in [0.2, 0.25) is 0 Å². The number of cyclic esters (lactones) is 1. The SMILES string of the molecule is COC(=O)/C=C\[C@@]1(CC(C)C)N=C(c2ccccc2)OC1=O. The smallest absolute Gasteiger partial charge is 0.344 e. The van der Waals surface area contributed by atoms with Crippen molar-refractivity contribution in [3.05, 3.63) is 48.0 Å². The van der Waals surface area contributed by atoms with Crippen LogP contribution in [-0.4, -0.2) is 30.5 Å². The topological polar surface area (TPSA) is 65.0 Å². The van der Waals surface area contributed by atoms with E-state index >= 15 is 0 Å². The summed E-state index contributed by atoms with van der Waals surface area (Å²) >= 11 is 0. The Kier molecular flexibility index (Phi) is 4.75. The summed E-state index contributed by atoms with van der Waals surface area (Å²) in [5, 5.41) is 0. The van der Waals surface area contributed by atoms with E-state index in [1.807, 2.05) is 44.2 Å². The van der Waals surface area contributed by atoms with Gasteiger partial charge in [0.15, 0.2) is 5.54 Å². The number of carbonyl (C=O) groups is 2. The zero-order chi connectivity index (χ0) is 16.2. The van der Waals surface area contributed by atoms with Crippen LogP contribution in [-0.2, 0) is 19.1 Å². The van der Waals surface area contributed by atoms with Crippen molar-refractivity contribution in [3.8, 4) is 0 Å². The number of hydrogen-bond acceptors (Lipinski definition) is 5. The first-order chi connectivity index (χ1) is 10.5. The third kappa shape index (κ3) is 3.42. The quantitative estimate of drug-likeness (QED) is 0.619. The summed E-state index contributed by atoms with van der Waals surface area (Å²) in [5.74, 6) is -0.519. The van der Waals surface area contributed by atoms with E-state index in [2.05, 4.69) is 9.73 Å². The van der Waals surface area contributed by atoms with Crippen LogP contribution in [0.25, 0.3) is 0 Å². The van der Waals surface area contributed by atoms with Crippen molar-refractivity contribution in [2.45, 2.75) is 25.8 Å². The number of rotatable bonds is 5. The van der Waals surface area contributed by atoms with E-state index in [9.17, 15) is 9.59 Å². The normalized spacial score (nSPS) is 21.1. The molecule has 1 aromatic carbocycles. The monoisotopic (exact) mass is 301 g/mol. The first-order valence-electron chi connectivity index (χ1n) is 7.11. The highest BCUT2D eigenvalue weighted by molar-refractivity contribution is 6.09. The van der Waals surface area contributed by atoms with Gasteiger partial charge in [-0.25, -0.2) is 14.6 Å². The lowest BCUT2D eigenvalue weighted by Gasteiger charge is -2.19. The van der Waals surface area contributed by atoms with E-state index in [1.165, 1.54) is 19.3 Å². The fourth-order valence-electron chi connectivity index (χ4n) is 2.33. The number of ether oxygens (including phenoxy) is 2. The Morgan fingerprint density at radius 2 is 2.05 bits per heavy atom. The molecule has 0 fully saturated rings. The Bertz CT molecular complexity index is 619. The zero-order valence-electron chi connectivity index (χ0n) is 12.9. The molecule has 0 radical (unpaired) electrons. The zero-order valence-corrected chi connectivity index (χ0v) is 12.9. The molecular weight excluding hydrogens is 282 g/mol. The summed E-state index contributed by atoms with van der Waals surface area (Å²) < 4.78 is 9.92. The third-order valence-corrected chi connectivity index (χ3v) is 3.28. The van der Waals surface area contributed by atoms with Crippen molar-refractivity contribution in [2.24, 2.45) is 10.9 Å². The minimum absolute atomic E-state index is 0.203. The van der Waals surface area contributed by atoms with E-state index in [4.69, 9.17) is 4.74 Å². The van der Waals surface area contributed by atoms with Gasteiger partial charge in [0.2, 0.25) is 5.90 Å². The van der Waals surface area contributed by atoms with Gasteiger partial charge in [-0.15, -0.1) is 0 Å². The van der Waals surface area contributed by atoms with Crippen molar-refractivity contribution >= 4 is 17.8 Å². The molecule has 5 heteroatoms. The molecule has 0 bridgehead atoms. The van der Waals surface area contributed by atoms with Crippen LogP contribution >= 0.6 is 0 Å². The van der Waals surface area contributed by atoms with Gasteiger partial charge in [-0.1, -0.05) is 32.0 Å². The summed E-state index contributed by atoms with van der Waals surface area (Å²) in [6.45, 7) is 3.97. The summed E-state index contributed by atoms with van der Waals surface area (Å²) in [7, 11) is 1.29. The molecule has 1 atom stereocenters. The van der Waals surface area contributed by atoms with Gasteiger partial charge in [0.25, 0.3) is 0 Å². The lowest BCUT2D eigenvalue weighted by molar-refractivity contribution is -0.137. The van der Waals surface area contributed by atoms with Crippen LogP contribution in [0.5, 0.6) is 0 Å². The van der Waals surface area contributed by atoms with E-state index in [1.54, 1.807) is 0 Å². The number of esters is 2. The minimum Gasteiger partial charge on any atom is -0.466 e. The highest BCUT2D eigenvalue weighted by atomic mass is 16.6. The predicted molar refractivity (Wildman–Crippen MR) is 82.4 cm³/mol. The molecule has 0 saturated heterocycles. The number of benzene rings is 1. The molecule has 1 aliphatic rings. The van der Waals surface area contributed by atoms with E-state index < -0.39 is 17.5 Å². The lowest BCUT2D eigenvalue weighted by Crippen LogP contribution is -2.33. The summed E-state index contributed by atoms with van der Waals surface area (Å²) in [4.78, 5) is 28.2. The van der Waals surface area contributed by atoms with Gasteiger partial charge in [-0.3, -0.25) is 0 Å². The first-order valence-corrected chi connectivity index (χ1v) is 7.11. The Morgan fingerprint density at radius 1 is 1.36 bits per heavy atom. The van der Waals surface area contributed by atoms with Crippen LogP contribution in [0.3, 0.4) is 0 Å². The van der Waals surface area contributed by atoms with Gasteiger partial charge in [-0.05, 0) is 30.5 Å². The first kappa shape index (κ1) is 15.9. The molecule has 0 N–H and O–H groups in total. The Morgan fingerprint density at radius 3 is 2.64 bits per heavy atom. The lowest BCUT2D eigenvalue weighted by atomic mass is 9.89. The number of aliphatic imine (C=N–C) groups is 1.